The fourth-order valence-electron chi connectivity index (χ4n) is 0.841. The number of nitro groups is 1. The molecule has 78 valence electrons. The van der Waals surface area contributed by atoms with E-state index in [-0.39, 0.29) is 16.7 Å². The maximum Gasteiger partial charge on any atom is 0.277 e. The van der Waals surface area contributed by atoms with Crippen molar-refractivity contribution in [3.63, 3.8) is 0 Å². The molecule has 0 bridgehead atoms. The highest BCUT2D eigenvalue weighted by molar-refractivity contribution is 6.29. The summed E-state index contributed by atoms with van der Waals surface area (Å²) in [5.74, 6) is 2.35. The van der Waals surface area contributed by atoms with Crippen molar-refractivity contribution in [2.45, 2.75) is 13.0 Å². The lowest BCUT2D eigenvalue weighted by atomic mass is 10.4. The highest BCUT2D eigenvalue weighted by Gasteiger charge is 2.12. The van der Waals surface area contributed by atoms with Crippen LogP contribution in [0.25, 0.3) is 0 Å². The number of nitrogens with zero attached hydrogens (tertiary/aromatic N) is 2. The van der Waals surface area contributed by atoms with Crippen molar-refractivity contribution in [1.29, 1.82) is 0 Å². The summed E-state index contributed by atoms with van der Waals surface area (Å²) in [7, 11) is 0. The van der Waals surface area contributed by atoms with E-state index in [0.717, 1.165) is 6.07 Å². The van der Waals surface area contributed by atoms with Crippen LogP contribution in [0.1, 0.15) is 6.92 Å². The highest BCUT2D eigenvalue weighted by atomic mass is 35.5. The molecule has 1 aromatic rings. The minimum absolute atomic E-state index is 0.0107. The van der Waals surface area contributed by atoms with E-state index in [1.54, 1.807) is 6.92 Å². The monoisotopic (exact) mass is 226 g/mol. The lowest BCUT2D eigenvalue weighted by molar-refractivity contribution is -0.385. The molecule has 0 N–H and O–H groups in total. The Morgan fingerprint density at radius 3 is 2.93 bits per heavy atom. The van der Waals surface area contributed by atoms with E-state index >= 15 is 0 Å². The second-order valence-corrected chi connectivity index (χ2v) is 3.06. The predicted molar refractivity (Wildman–Crippen MR) is 54.8 cm³/mol. The van der Waals surface area contributed by atoms with Crippen molar-refractivity contribution in [2.24, 2.45) is 0 Å². The smallest absolute Gasteiger partial charge is 0.277 e. The molecular formula is C9H7ClN2O3. The lowest BCUT2D eigenvalue weighted by Gasteiger charge is -2.07. The Bertz CT molecular complexity index is 428. The zero-order chi connectivity index (χ0) is 11.4. The molecule has 1 aromatic heterocycles. The van der Waals surface area contributed by atoms with Gasteiger partial charge < -0.3 is 4.74 Å². The van der Waals surface area contributed by atoms with Gasteiger partial charge in [-0.05, 0) is 6.92 Å². The first kappa shape index (κ1) is 11.3. The summed E-state index contributed by atoms with van der Waals surface area (Å²) >= 11 is 5.57. The summed E-state index contributed by atoms with van der Waals surface area (Å²) in [5.41, 5.74) is -0.186. The van der Waals surface area contributed by atoms with E-state index in [4.69, 9.17) is 22.8 Å². The molecule has 0 saturated carbocycles. The zero-order valence-electron chi connectivity index (χ0n) is 7.81. The van der Waals surface area contributed by atoms with Crippen LogP contribution in [-0.2, 0) is 0 Å². The molecule has 0 aliphatic heterocycles. The van der Waals surface area contributed by atoms with Gasteiger partial charge in [0.25, 0.3) is 5.69 Å². The molecule has 6 heteroatoms. The number of halogens is 1. The largest absolute Gasteiger partial charge is 0.461 e. The molecule has 0 aliphatic carbocycles. The van der Waals surface area contributed by atoms with Gasteiger partial charge in [-0.25, -0.2) is 4.98 Å². The van der Waals surface area contributed by atoms with Crippen LogP contribution in [-0.4, -0.2) is 16.0 Å². The van der Waals surface area contributed by atoms with Crippen LogP contribution >= 0.6 is 11.6 Å². The molecule has 0 amide bonds. The van der Waals surface area contributed by atoms with Crippen molar-refractivity contribution in [3.05, 3.63) is 27.4 Å². The van der Waals surface area contributed by atoms with Gasteiger partial charge in [-0.1, -0.05) is 17.5 Å². The molecule has 0 fully saturated rings. The number of terminal acetylenes is 1. The third-order valence-corrected chi connectivity index (χ3v) is 1.69. The van der Waals surface area contributed by atoms with E-state index in [0.29, 0.717) is 0 Å². The minimum atomic E-state index is -0.582. The highest BCUT2D eigenvalue weighted by Crippen LogP contribution is 2.22. The Hall–Kier alpha value is -1.80. The van der Waals surface area contributed by atoms with E-state index in [2.05, 4.69) is 10.9 Å². The average Bonchev–Trinajstić information content (AvgIpc) is 2.16. The van der Waals surface area contributed by atoms with E-state index in [9.17, 15) is 10.1 Å². The summed E-state index contributed by atoms with van der Waals surface area (Å²) < 4.78 is 5.10. The third-order valence-electron chi connectivity index (χ3n) is 1.50. The lowest BCUT2D eigenvalue weighted by Crippen LogP contribution is -2.09. The molecule has 1 heterocycles. The molecule has 5 nitrogen and oxygen atoms in total. The first-order valence-corrected chi connectivity index (χ1v) is 4.35. The van der Waals surface area contributed by atoms with Crippen LogP contribution in [0.5, 0.6) is 5.88 Å². The zero-order valence-corrected chi connectivity index (χ0v) is 8.56. The maximum absolute atomic E-state index is 10.5. The van der Waals surface area contributed by atoms with Crippen LogP contribution in [0.2, 0.25) is 5.15 Å². The Morgan fingerprint density at radius 2 is 2.40 bits per heavy atom. The number of aromatic nitrogens is 1. The summed E-state index contributed by atoms with van der Waals surface area (Å²) in [6.07, 6.45) is 4.57. The summed E-state index contributed by atoms with van der Waals surface area (Å²) in [6, 6.07) is 2.30. The molecule has 0 saturated heterocycles. The van der Waals surface area contributed by atoms with Gasteiger partial charge in [0, 0.05) is 0 Å². The second kappa shape index (κ2) is 4.62. The Balaban J connectivity index is 3.00. The molecule has 1 unspecified atom stereocenters. The molecular weight excluding hydrogens is 220 g/mol. The fraction of sp³-hybridized carbons (Fsp3) is 0.222. The van der Waals surface area contributed by atoms with Crippen LogP contribution in [0.3, 0.4) is 0 Å². The van der Waals surface area contributed by atoms with Crippen LogP contribution in [0, 0.1) is 22.5 Å². The van der Waals surface area contributed by atoms with Gasteiger partial charge in [-0.3, -0.25) is 10.1 Å². The van der Waals surface area contributed by atoms with Crippen LogP contribution < -0.4 is 4.74 Å². The molecule has 0 radical (unpaired) electrons. The topological polar surface area (TPSA) is 65.3 Å². The molecule has 1 atom stereocenters. The normalized spacial score (nSPS) is 11.5. The maximum atomic E-state index is 10.5. The minimum Gasteiger partial charge on any atom is -0.461 e. The van der Waals surface area contributed by atoms with E-state index < -0.39 is 11.0 Å². The van der Waals surface area contributed by atoms with Crippen molar-refractivity contribution in [3.8, 4) is 18.2 Å². The molecule has 0 spiro atoms. The molecule has 1 rings (SSSR count). The van der Waals surface area contributed by atoms with Gasteiger partial charge in [0.15, 0.2) is 6.10 Å². The molecule has 15 heavy (non-hydrogen) atoms. The van der Waals surface area contributed by atoms with Gasteiger partial charge in [0.05, 0.1) is 17.1 Å². The Morgan fingerprint density at radius 1 is 1.73 bits per heavy atom. The van der Waals surface area contributed by atoms with Gasteiger partial charge >= 0.3 is 0 Å². The first-order valence-electron chi connectivity index (χ1n) is 3.97. The SMILES string of the molecule is C#CC(C)Oc1cc([N+](=O)[O-])cc(Cl)n1. The van der Waals surface area contributed by atoms with Gasteiger partial charge in [-0.2, -0.15) is 0 Å². The Kier molecular flexibility index (Phi) is 3.47. The number of rotatable bonds is 3. The quantitative estimate of drug-likeness (QED) is 0.342. The molecule has 0 aromatic carbocycles. The average molecular weight is 227 g/mol. The van der Waals surface area contributed by atoms with E-state index in [1.165, 1.54) is 6.07 Å². The standard InChI is InChI=1S/C9H7ClN2O3/c1-3-6(2)15-9-5-7(12(13)14)4-8(10)11-9/h1,4-6H,2H3. The van der Waals surface area contributed by atoms with Gasteiger partial charge in [0.2, 0.25) is 5.88 Å². The number of ether oxygens (including phenoxy) is 1. The molecule has 0 aliphatic rings. The fourth-order valence-corrected chi connectivity index (χ4v) is 1.04. The van der Waals surface area contributed by atoms with Gasteiger partial charge in [0.1, 0.15) is 5.15 Å². The van der Waals surface area contributed by atoms with Gasteiger partial charge in [-0.15, -0.1) is 6.42 Å². The van der Waals surface area contributed by atoms with Crippen LogP contribution in [0.15, 0.2) is 12.1 Å². The van der Waals surface area contributed by atoms with E-state index in [1.807, 2.05) is 0 Å². The number of pyridine rings is 1. The third kappa shape index (κ3) is 3.11. The van der Waals surface area contributed by atoms with Crippen molar-refractivity contribution >= 4 is 17.3 Å². The first-order chi connectivity index (χ1) is 7.02. The number of hydrogen-bond acceptors (Lipinski definition) is 4. The van der Waals surface area contributed by atoms with Crippen molar-refractivity contribution in [1.82, 2.24) is 4.98 Å². The van der Waals surface area contributed by atoms with Crippen molar-refractivity contribution in [2.75, 3.05) is 0 Å². The van der Waals surface area contributed by atoms with Crippen molar-refractivity contribution < 1.29 is 9.66 Å². The summed E-state index contributed by atoms with van der Waals surface area (Å²) in [4.78, 5) is 13.6. The summed E-state index contributed by atoms with van der Waals surface area (Å²) in [5, 5.41) is 10.5. The Labute approximate surface area is 91.2 Å². The summed E-state index contributed by atoms with van der Waals surface area (Å²) in [6.45, 7) is 1.62. The van der Waals surface area contributed by atoms with Crippen LogP contribution in [0.4, 0.5) is 5.69 Å². The second-order valence-electron chi connectivity index (χ2n) is 2.67. The predicted octanol–water partition coefficient (Wildman–Crippen LogP) is 2.04. The number of hydrogen-bond donors (Lipinski definition) is 0.